The first kappa shape index (κ1) is 21.4. The van der Waals surface area contributed by atoms with E-state index in [1.165, 1.54) is 55.6 Å². The highest BCUT2D eigenvalue weighted by molar-refractivity contribution is 5.85. The molecule has 0 heterocycles. The van der Waals surface area contributed by atoms with Crippen LogP contribution in [0.15, 0.2) is 121 Å². The Morgan fingerprint density at radius 3 is 1.00 bits per heavy atom. The van der Waals surface area contributed by atoms with Crippen LogP contribution in [0.4, 0.5) is 0 Å². The Morgan fingerprint density at radius 1 is 0.389 bits per heavy atom. The van der Waals surface area contributed by atoms with Crippen LogP contribution in [0.1, 0.15) is 60.1 Å². The van der Waals surface area contributed by atoms with Gasteiger partial charge in [0.15, 0.2) is 0 Å². The zero-order chi connectivity index (χ0) is 24.3. The molecule has 0 spiro atoms. The van der Waals surface area contributed by atoms with Gasteiger partial charge in [0.1, 0.15) is 0 Å². The molecule has 0 aromatic heterocycles. The van der Waals surface area contributed by atoms with Crippen molar-refractivity contribution in [3.63, 3.8) is 0 Å². The molecule has 36 heavy (non-hydrogen) atoms. The Morgan fingerprint density at radius 2 is 0.694 bits per heavy atom. The smallest absolute Gasteiger partial charge is 0.0461 e. The summed E-state index contributed by atoms with van der Waals surface area (Å²) in [5.41, 5.74) is 13.8. The second-order valence-corrected chi connectivity index (χ2v) is 10.3. The summed E-state index contributed by atoms with van der Waals surface area (Å²) in [6.45, 7) is 4.70. The minimum Gasteiger partial charge on any atom is -0.0639 e. The highest BCUT2D eigenvalue weighted by atomic mass is 14.5. The van der Waals surface area contributed by atoms with Gasteiger partial charge in [-0.1, -0.05) is 135 Å². The highest BCUT2D eigenvalue weighted by Gasteiger charge is 2.46. The van der Waals surface area contributed by atoms with Crippen LogP contribution in [-0.4, -0.2) is 0 Å². The second kappa shape index (κ2) is 7.80. The average Bonchev–Trinajstić information content (AvgIpc) is 3.42. The van der Waals surface area contributed by atoms with E-state index in [1.807, 2.05) is 0 Å². The lowest BCUT2D eigenvalue weighted by molar-refractivity contribution is 0.589. The molecule has 0 radical (unpaired) electrons. The van der Waals surface area contributed by atoms with Crippen LogP contribution < -0.4 is 0 Å². The Kier molecular flexibility index (Phi) is 4.63. The lowest BCUT2D eigenvalue weighted by Crippen LogP contribution is -2.29. The molecular weight excluding hydrogens is 432 g/mol. The summed E-state index contributed by atoms with van der Waals surface area (Å²) in [6, 6.07) is 45.7. The summed E-state index contributed by atoms with van der Waals surface area (Å²) < 4.78 is 0. The topological polar surface area (TPSA) is 0 Å². The third-order valence-corrected chi connectivity index (χ3v) is 9.04. The molecule has 2 aliphatic carbocycles. The molecule has 0 saturated carbocycles. The van der Waals surface area contributed by atoms with Gasteiger partial charge in [-0.05, 0) is 68.5 Å². The molecule has 0 bridgehead atoms. The van der Waals surface area contributed by atoms with Crippen LogP contribution >= 0.6 is 0 Å². The van der Waals surface area contributed by atoms with Crippen molar-refractivity contribution in [1.29, 1.82) is 0 Å². The lowest BCUT2D eigenvalue weighted by Gasteiger charge is -2.36. The van der Waals surface area contributed by atoms with E-state index < -0.39 is 0 Å². The minimum atomic E-state index is -0.143. The van der Waals surface area contributed by atoms with E-state index in [9.17, 15) is 0 Å². The molecule has 0 heteroatoms. The molecule has 0 fully saturated rings. The van der Waals surface area contributed by atoms with E-state index in [-0.39, 0.29) is 10.8 Å². The fraction of sp³-hybridized carbons (Fsp3) is 0.167. The van der Waals surface area contributed by atoms with E-state index in [0.717, 1.165) is 12.8 Å². The van der Waals surface area contributed by atoms with Gasteiger partial charge in [-0.15, -0.1) is 0 Å². The van der Waals surface area contributed by atoms with E-state index in [1.54, 1.807) is 0 Å². The van der Waals surface area contributed by atoms with Gasteiger partial charge in [0, 0.05) is 10.8 Å². The van der Waals surface area contributed by atoms with Gasteiger partial charge in [0.05, 0.1) is 0 Å². The molecular formula is C36H30. The quantitative estimate of drug-likeness (QED) is 0.250. The Bertz CT molecular complexity index is 1410. The van der Waals surface area contributed by atoms with Gasteiger partial charge in [0.2, 0.25) is 0 Å². The first-order valence-electron chi connectivity index (χ1n) is 13.3. The maximum absolute atomic E-state index is 2.53. The van der Waals surface area contributed by atoms with Gasteiger partial charge in [0.25, 0.3) is 0 Å². The largest absolute Gasteiger partial charge is 0.0639 e. The maximum atomic E-state index is 2.53. The van der Waals surface area contributed by atoms with Crippen molar-refractivity contribution in [3.8, 4) is 22.3 Å². The van der Waals surface area contributed by atoms with Gasteiger partial charge >= 0.3 is 0 Å². The molecule has 0 N–H and O–H groups in total. The van der Waals surface area contributed by atoms with Gasteiger partial charge in [-0.25, -0.2) is 0 Å². The van der Waals surface area contributed by atoms with Gasteiger partial charge < -0.3 is 0 Å². The number of rotatable bonds is 4. The van der Waals surface area contributed by atoms with Crippen LogP contribution in [0.3, 0.4) is 0 Å². The standard InChI is InChI=1S/C36H30/c1-3-35(31-20-9-5-16-27(31)28-17-6-10-21-32(28)35)25-14-13-15-26(24-25)36(4-2)33-22-11-7-18-29(33)30-19-8-12-23-34(30)36/h5-24H,3-4H2,1-2H3. The van der Waals surface area contributed by atoms with E-state index in [0.29, 0.717) is 0 Å². The first-order valence-corrected chi connectivity index (χ1v) is 13.3. The monoisotopic (exact) mass is 462 g/mol. The average molecular weight is 463 g/mol. The van der Waals surface area contributed by atoms with Crippen molar-refractivity contribution in [2.24, 2.45) is 0 Å². The van der Waals surface area contributed by atoms with Crippen LogP contribution in [0, 0.1) is 0 Å². The molecule has 0 atom stereocenters. The number of hydrogen-bond acceptors (Lipinski definition) is 0. The lowest BCUT2D eigenvalue weighted by atomic mass is 9.66. The molecule has 174 valence electrons. The van der Waals surface area contributed by atoms with Crippen LogP contribution in [0.25, 0.3) is 22.3 Å². The zero-order valence-corrected chi connectivity index (χ0v) is 21.0. The normalized spacial score (nSPS) is 15.6. The minimum absolute atomic E-state index is 0.143. The number of hydrogen-bond donors (Lipinski definition) is 0. The Hall–Kier alpha value is -3.90. The van der Waals surface area contributed by atoms with Crippen molar-refractivity contribution in [2.45, 2.75) is 37.5 Å². The number of benzene rings is 5. The van der Waals surface area contributed by atoms with E-state index in [4.69, 9.17) is 0 Å². The fourth-order valence-corrected chi connectivity index (χ4v) is 7.49. The Labute approximate surface area is 214 Å². The van der Waals surface area contributed by atoms with Crippen molar-refractivity contribution in [2.75, 3.05) is 0 Å². The van der Waals surface area contributed by atoms with Crippen LogP contribution in [0.5, 0.6) is 0 Å². The molecule has 0 amide bonds. The summed E-state index contributed by atoms with van der Waals surface area (Å²) >= 11 is 0. The first-order chi connectivity index (χ1) is 17.8. The predicted molar refractivity (Wildman–Crippen MR) is 151 cm³/mol. The van der Waals surface area contributed by atoms with Crippen molar-refractivity contribution in [1.82, 2.24) is 0 Å². The number of fused-ring (bicyclic) bond motifs is 6. The van der Waals surface area contributed by atoms with E-state index >= 15 is 0 Å². The molecule has 0 nitrogen and oxygen atoms in total. The molecule has 0 saturated heterocycles. The molecule has 0 unspecified atom stereocenters. The molecule has 2 aliphatic rings. The SMILES string of the molecule is CCC1(c2cccc(C3(CC)c4ccccc4-c4ccccc43)c2)c2ccccc2-c2ccccc21. The van der Waals surface area contributed by atoms with Gasteiger partial charge in [-0.3, -0.25) is 0 Å². The van der Waals surface area contributed by atoms with Crippen molar-refractivity contribution in [3.05, 3.63) is 155 Å². The Balaban J connectivity index is 1.52. The fourth-order valence-electron chi connectivity index (χ4n) is 7.49. The summed E-state index contributed by atoms with van der Waals surface area (Å²) in [5.74, 6) is 0. The molecule has 5 aromatic carbocycles. The van der Waals surface area contributed by atoms with Crippen molar-refractivity contribution >= 4 is 0 Å². The zero-order valence-electron chi connectivity index (χ0n) is 21.0. The summed E-state index contributed by atoms with van der Waals surface area (Å²) in [5, 5.41) is 0. The summed E-state index contributed by atoms with van der Waals surface area (Å²) in [6.07, 6.45) is 2.05. The molecule has 5 aromatic rings. The predicted octanol–water partition coefficient (Wildman–Crippen LogP) is 9.14. The van der Waals surface area contributed by atoms with E-state index in [2.05, 4.69) is 135 Å². The second-order valence-electron chi connectivity index (χ2n) is 10.3. The third kappa shape index (κ3) is 2.54. The van der Waals surface area contributed by atoms with Gasteiger partial charge in [-0.2, -0.15) is 0 Å². The summed E-state index contributed by atoms with van der Waals surface area (Å²) in [7, 11) is 0. The molecule has 7 rings (SSSR count). The maximum Gasteiger partial charge on any atom is 0.0461 e. The summed E-state index contributed by atoms with van der Waals surface area (Å²) in [4.78, 5) is 0. The third-order valence-electron chi connectivity index (χ3n) is 9.04. The van der Waals surface area contributed by atoms with Crippen LogP contribution in [0.2, 0.25) is 0 Å². The molecule has 0 aliphatic heterocycles. The highest BCUT2D eigenvalue weighted by Crippen LogP contribution is 2.57. The van der Waals surface area contributed by atoms with Crippen molar-refractivity contribution < 1.29 is 0 Å². The van der Waals surface area contributed by atoms with Crippen LogP contribution in [-0.2, 0) is 10.8 Å².